The lowest BCUT2D eigenvalue weighted by Crippen LogP contribution is -2.56. The van der Waals surface area contributed by atoms with E-state index in [0.29, 0.717) is 6.04 Å². The molecule has 1 aliphatic heterocycles. The predicted octanol–water partition coefficient (Wildman–Crippen LogP) is 1.88. The number of rotatable bonds is 7. The summed E-state index contributed by atoms with van der Waals surface area (Å²) >= 11 is 0. The van der Waals surface area contributed by atoms with Crippen LogP contribution in [0.3, 0.4) is 0 Å². The lowest BCUT2D eigenvalue weighted by atomic mass is 9.89. The molecule has 0 bridgehead atoms. The summed E-state index contributed by atoms with van der Waals surface area (Å²) in [6, 6.07) is 0.556. The average molecular weight is 228 g/mol. The number of hydrogen-bond donors (Lipinski definition) is 1. The topological polar surface area (TPSA) is 24.5 Å². The van der Waals surface area contributed by atoms with Gasteiger partial charge in [-0.25, -0.2) is 0 Å². The third-order valence-corrected chi connectivity index (χ3v) is 3.96. The molecule has 96 valence electrons. The number of hydrogen-bond acceptors (Lipinski definition) is 3. The standard InChI is InChI=1S/C13H28N2O/c1-13(2,15-9-5-6-10-15)12(14-3)8-7-11-16-4/h12,14H,5-11H2,1-4H3. The van der Waals surface area contributed by atoms with E-state index in [-0.39, 0.29) is 5.54 Å². The Bertz CT molecular complexity index is 188. The van der Waals surface area contributed by atoms with Gasteiger partial charge in [0.05, 0.1) is 0 Å². The highest BCUT2D eigenvalue weighted by Gasteiger charge is 2.35. The van der Waals surface area contributed by atoms with Crippen LogP contribution < -0.4 is 5.32 Å². The van der Waals surface area contributed by atoms with Crippen LogP contribution in [0.5, 0.6) is 0 Å². The fourth-order valence-electron chi connectivity index (χ4n) is 2.80. The van der Waals surface area contributed by atoms with Gasteiger partial charge < -0.3 is 10.1 Å². The molecule has 3 heteroatoms. The van der Waals surface area contributed by atoms with E-state index in [1.54, 1.807) is 7.11 Å². The van der Waals surface area contributed by atoms with E-state index >= 15 is 0 Å². The van der Waals surface area contributed by atoms with E-state index in [1.807, 2.05) is 0 Å². The van der Waals surface area contributed by atoms with Gasteiger partial charge >= 0.3 is 0 Å². The number of likely N-dealkylation sites (tertiary alicyclic amines) is 1. The maximum atomic E-state index is 5.13. The highest BCUT2D eigenvalue weighted by molar-refractivity contribution is 4.94. The second-order valence-corrected chi connectivity index (χ2v) is 5.32. The Morgan fingerprint density at radius 1 is 1.31 bits per heavy atom. The molecule has 16 heavy (non-hydrogen) atoms. The molecule has 1 atom stereocenters. The number of nitrogens with one attached hydrogen (secondary N) is 1. The molecule has 1 heterocycles. The van der Waals surface area contributed by atoms with Crippen LogP contribution in [-0.4, -0.2) is 50.3 Å². The van der Waals surface area contributed by atoms with E-state index < -0.39 is 0 Å². The minimum Gasteiger partial charge on any atom is -0.385 e. The fraction of sp³-hybridized carbons (Fsp3) is 1.00. The monoisotopic (exact) mass is 228 g/mol. The van der Waals surface area contributed by atoms with Crippen LogP contribution in [0.15, 0.2) is 0 Å². The van der Waals surface area contributed by atoms with Crippen molar-refractivity contribution >= 4 is 0 Å². The molecule has 3 nitrogen and oxygen atoms in total. The maximum absolute atomic E-state index is 5.13. The zero-order valence-electron chi connectivity index (χ0n) is 11.4. The second kappa shape index (κ2) is 6.58. The Balaban J connectivity index is 2.47. The summed E-state index contributed by atoms with van der Waals surface area (Å²) in [6.07, 6.45) is 5.04. The molecule has 0 saturated carbocycles. The smallest absolute Gasteiger partial charge is 0.0462 e. The van der Waals surface area contributed by atoms with Crippen LogP contribution in [-0.2, 0) is 4.74 Å². The van der Waals surface area contributed by atoms with Crippen molar-refractivity contribution in [2.75, 3.05) is 33.9 Å². The third-order valence-electron chi connectivity index (χ3n) is 3.96. The number of ether oxygens (including phenoxy) is 1. The van der Waals surface area contributed by atoms with Gasteiger partial charge in [-0.3, -0.25) is 4.90 Å². The van der Waals surface area contributed by atoms with Crippen molar-refractivity contribution in [1.82, 2.24) is 10.2 Å². The molecule has 0 spiro atoms. The molecule has 0 aliphatic carbocycles. The van der Waals surface area contributed by atoms with Gasteiger partial charge in [0.1, 0.15) is 0 Å². The van der Waals surface area contributed by atoms with Gasteiger partial charge in [-0.15, -0.1) is 0 Å². The SMILES string of the molecule is CNC(CCCOC)C(C)(C)N1CCCC1. The van der Waals surface area contributed by atoms with Crippen LogP contribution in [0.25, 0.3) is 0 Å². The molecular formula is C13H28N2O. The van der Waals surface area contributed by atoms with Crippen LogP contribution in [0, 0.1) is 0 Å². The molecule has 0 amide bonds. The van der Waals surface area contributed by atoms with E-state index in [4.69, 9.17) is 4.74 Å². The van der Waals surface area contributed by atoms with Crippen molar-refractivity contribution in [2.45, 2.75) is 51.1 Å². The normalized spacial score (nSPS) is 20.2. The summed E-state index contributed by atoms with van der Waals surface area (Å²) in [6.45, 7) is 8.12. The Labute approximate surface area is 101 Å². The molecule has 0 aromatic carbocycles. The zero-order valence-corrected chi connectivity index (χ0v) is 11.4. The van der Waals surface area contributed by atoms with E-state index in [2.05, 4.69) is 31.1 Å². The van der Waals surface area contributed by atoms with Gasteiger partial charge in [0, 0.05) is 25.3 Å². The van der Waals surface area contributed by atoms with Crippen molar-refractivity contribution in [2.24, 2.45) is 0 Å². The Morgan fingerprint density at radius 3 is 2.44 bits per heavy atom. The maximum Gasteiger partial charge on any atom is 0.0462 e. The molecule has 0 aromatic heterocycles. The van der Waals surface area contributed by atoms with Crippen molar-refractivity contribution in [3.63, 3.8) is 0 Å². The van der Waals surface area contributed by atoms with Crippen molar-refractivity contribution in [1.29, 1.82) is 0 Å². The van der Waals surface area contributed by atoms with Gasteiger partial charge in [-0.1, -0.05) is 0 Å². The molecule has 1 rings (SSSR count). The molecule has 1 fully saturated rings. The highest BCUT2D eigenvalue weighted by atomic mass is 16.5. The van der Waals surface area contributed by atoms with Gasteiger partial charge in [-0.2, -0.15) is 0 Å². The average Bonchev–Trinajstić information content (AvgIpc) is 2.78. The minimum atomic E-state index is 0.263. The van der Waals surface area contributed by atoms with Gasteiger partial charge in [0.15, 0.2) is 0 Å². The van der Waals surface area contributed by atoms with Gasteiger partial charge in [-0.05, 0) is 59.7 Å². The number of nitrogens with zero attached hydrogens (tertiary/aromatic N) is 1. The molecule has 1 unspecified atom stereocenters. The predicted molar refractivity (Wildman–Crippen MR) is 68.8 cm³/mol. The second-order valence-electron chi connectivity index (χ2n) is 5.32. The first-order valence-electron chi connectivity index (χ1n) is 6.54. The van der Waals surface area contributed by atoms with E-state index in [0.717, 1.165) is 13.0 Å². The van der Waals surface area contributed by atoms with E-state index in [1.165, 1.54) is 32.4 Å². The summed E-state index contributed by atoms with van der Waals surface area (Å²) in [5.41, 5.74) is 0.263. The quantitative estimate of drug-likeness (QED) is 0.673. The minimum absolute atomic E-state index is 0.263. The van der Waals surface area contributed by atoms with Crippen LogP contribution in [0.2, 0.25) is 0 Å². The summed E-state index contributed by atoms with van der Waals surface area (Å²) in [5.74, 6) is 0. The number of methoxy groups -OCH3 is 1. The summed E-state index contributed by atoms with van der Waals surface area (Å²) in [7, 11) is 3.86. The third kappa shape index (κ3) is 3.44. The fourth-order valence-corrected chi connectivity index (χ4v) is 2.80. The molecule has 0 radical (unpaired) electrons. The first kappa shape index (κ1) is 13.9. The van der Waals surface area contributed by atoms with Crippen LogP contribution >= 0.6 is 0 Å². The van der Waals surface area contributed by atoms with Crippen molar-refractivity contribution in [3.05, 3.63) is 0 Å². The van der Waals surface area contributed by atoms with Crippen LogP contribution in [0.1, 0.15) is 39.5 Å². The van der Waals surface area contributed by atoms with E-state index in [9.17, 15) is 0 Å². The Kier molecular flexibility index (Phi) is 5.73. The molecule has 1 saturated heterocycles. The Hall–Kier alpha value is -0.120. The molecule has 0 aromatic rings. The van der Waals surface area contributed by atoms with Crippen LogP contribution in [0.4, 0.5) is 0 Å². The molecule has 1 aliphatic rings. The van der Waals surface area contributed by atoms with Crippen molar-refractivity contribution in [3.8, 4) is 0 Å². The number of likely N-dealkylation sites (N-methyl/N-ethyl adjacent to an activating group) is 1. The van der Waals surface area contributed by atoms with Gasteiger partial charge in [0.2, 0.25) is 0 Å². The largest absolute Gasteiger partial charge is 0.385 e. The first-order valence-corrected chi connectivity index (χ1v) is 6.54. The summed E-state index contributed by atoms with van der Waals surface area (Å²) in [4.78, 5) is 2.63. The Morgan fingerprint density at radius 2 is 1.94 bits per heavy atom. The molecular weight excluding hydrogens is 200 g/mol. The highest BCUT2D eigenvalue weighted by Crippen LogP contribution is 2.26. The van der Waals surface area contributed by atoms with Gasteiger partial charge in [0.25, 0.3) is 0 Å². The summed E-state index contributed by atoms with van der Waals surface area (Å²) in [5, 5.41) is 3.48. The zero-order chi connectivity index (χ0) is 12.0. The molecule has 1 N–H and O–H groups in total. The lowest BCUT2D eigenvalue weighted by Gasteiger charge is -2.42. The first-order chi connectivity index (χ1) is 7.62. The lowest BCUT2D eigenvalue weighted by molar-refractivity contribution is 0.0985. The van der Waals surface area contributed by atoms with Crippen molar-refractivity contribution < 1.29 is 4.74 Å². The summed E-state index contributed by atoms with van der Waals surface area (Å²) < 4.78 is 5.13.